The maximum absolute atomic E-state index is 11.6. The van der Waals surface area contributed by atoms with E-state index in [1.54, 1.807) is 24.3 Å². The van der Waals surface area contributed by atoms with Gasteiger partial charge in [0.05, 0.1) is 17.9 Å². The van der Waals surface area contributed by atoms with Crippen molar-refractivity contribution in [2.75, 3.05) is 7.11 Å². The zero-order valence-electron chi connectivity index (χ0n) is 12.3. The van der Waals surface area contributed by atoms with Gasteiger partial charge in [0.1, 0.15) is 0 Å². The van der Waals surface area contributed by atoms with Crippen LogP contribution in [0.3, 0.4) is 0 Å². The lowest BCUT2D eigenvalue weighted by Crippen LogP contribution is -2.35. The molecule has 0 fully saturated rings. The van der Waals surface area contributed by atoms with Crippen LogP contribution in [0.5, 0.6) is 0 Å². The van der Waals surface area contributed by atoms with Gasteiger partial charge in [-0.15, -0.1) is 0 Å². The van der Waals surface area contributed by atoms with Crippen LogP contribution in [0.2, 0.25) is 0 Å². The lowest BCUT2D eigenvalue weighted by Gasteiger charge is -2.09. The van der Waals surface area contributed by atoms with Crippen LogP contribution < -0.4 is 4.72 Å². The summed E-state index contributed by atoms with van der Waals surface area (Å²) in [6.45, 7) is 3.00. The molecule has 0 saturated carbocycles. The number of carbonyl (C=O) groups is 2. The second-order valence-electron chi connectivity index (χ2n) is 4.81. The summed E-state index contributed by atoms with van der Waals surface area (Å²) < 4.78 is 29.6. The summed E-state index contributed by atoms with van der Waals surface area (Å²) in [5, 5.41) is -0.652. The van der Waals surface area contributed by atoms with E-state index in [2.05, 4.69) is 4.74 Å². The third-order valence-corrected chi connectivity index (χ3v) is 4.65. The number of carbonyl (C=O) groups excluding carboxylic acids is 2. The number of benzene rings is 1. The molecule has 1 aromatic rings. The van der Waals surface area contributed by atoms with Crippen molar-refractivity contribution in [2.45, 2.75) is 31.9 Å². The first-order chi connectivity index (χ1) is 9.76. The molecule has 0 aliphatic heterocycles. The van der Waals surface area contributed by atoms with Gasteiger partial charge < -0.3 is 4.74 Å². The van der Waals surface area contributed by atoms with Crippen molar-refractivity contribution in [1.29, 1.82) is 0 Å². The molecule has 0 radical (unpaired) electrons. The van der Waals surface area contributed by atoms with Gasteiger partial charge in [0.25, 0.3) is 0 Å². The minimum absolute atomic E-state index is 0.0590. The fourth-order valence-electron chi connectivity index (χ4n) is 1.51. The predicted octanol–water partition coefficient (Wildman–Crippen LogP) is 1.26. The quantitative estimate of drug-likeness (QED) is 0.799. The molecule has 0 saturated heterocycles. The zero-order chi connectivity index (χ0) is 16.0. The highest BCUT2D eigenvalue weighted by Crippen LogP contribution is 2.08. The molecule has 0 aliphatic carbocycles. The van der Waals surface area contributed by atoms with Crippen molar-refractivity contribution >= 4 is 21.9 Å². The molecule has 0 atom stereocenters. The summed E-state index contributed by atoms with van der Waals surface area (Å²) in [5.41, 5.74) is 1.26. The first-order valence-electron chi connectivity index (χ1n) is 6.48. The highest BCUT2D eigenvalue weighted by atomic mass is 32.2. The Labute approximate surface area is 124 Å². The second kappa shape index (κ2) is 7.21. The Morgan fingerprint density at radius 1 is 1.19 bits per heavy atom. The van der Waals surface area contributed by atoms with Crippen molar-refractivity contribution in [3.05, 3.63) is 35.4 Å². The summed E-state index contributed by atoms with van der Waals surface area (Å²) in [5.74, 6) is -0.969. The minimum Gasteiger partial charge on any atom is -0.465 e. The molecule has 0 aliphatic rings. The van der Waals surface area contributed by atoms with Crippen molar-refractivity contribution in [1.82, 2.24) is 4.72 Å². The maximum Gasteiger partial charge on any atom is 0.337 e. The Morgan fingerprint density at radius 2 is 1.76 bits per heavy atom. The first-order valence-corrected chi connectivity index (χ1v) is 8.02. The number of hydrogen-bond acceptors (Lipinski definition) is 5. The molecule has 0 unspecified atom stereocenters. The fourth-order valence-corrected chi connectivity index (χ4v) is 2.17. The maximum atomic E-state index is 11.6. The van der Waals surface area contributed by atoms with E-state index in [4.69, 9.17) is 0 Å². The van der Waals surface area contributed by atoms with Gasteiger partial charge in [-0.1, -0.05) is 12.1 Å². The topological polar surface area (TPSA) is 89.5 Å². The largest absolute Gasteiger partial charge is 0.465 e. The summed E-state index contributed by atoms with van der Waals surface area (Å²) in [4.78, 5) is 22.9. The number of rotatable bonds is 6. The van der Waals surface area contributed by atoms with E-state index in [9.17, 15) is 18.0 Å². The molecule has 0 spiro atoms. The van der Waals surface area contributed by atoms with E-state index >= 15 is 0 Å². The number of amides is 1. The third-order valence-electron chi connectivity index (χ3n) is 2.89. The summed E-state index contributed by atoms with van der Waals surface area (Å²) in [7, 11) is -2.28. The Morgan fingerprint density at radius 3 is 2.24 bits per heavy atom. The monoisotopic (exact) mass is 313 g/mol. The van der Waals surface area contributed by atoms with Crippen LogP contribution in [-0.4, -0.2) is 32.7 Å². The Bertz CT molecular complexity index is 605. The molecule has 1 rings (SSSR count). The molecule has 21 heavy (non-hydrogen) atoms. The van der Waals surface area contributed by atoms with Crippen molar-refractivity contribution in [2.24, 2.45) is 0 Å². The molecule has 0 aromatic heterocycles. The highest BCUT2D eigenvalue weighted by molar-refractivity contribution is 7.90. The summed E-state index contributed by atoms with van der Waals surface area (Å²) in [6, 6.07) is 6.61. The smallest absolute Gasteiger partial charge is 0.337 e. The van der Waals surface area contributed by atoms with E-state index in [0.717, 1.165) is 5.56 Å². The number of sulfonamides is 1. The lowest BCUT2D eigenvalue weighted by molar-refractivity contribution is -0.119. The number of methoxy groups -OCH3 is 1. The van der Waals surface area contributed by atoms with Gasteiger partial charge >= 0.3 is 5.97 Å². The minimum atomic E-state index is -3.58. The second-order valence-corrected chi connectivity index (χ2v) is 7.04. The molecular formula is C14H19NO5S. The molecule has 1 amide bonds. The van der Waals surface area contributed by atoms with Gasteiger partial charge in [0.15, 0.2) is 0 Å². The van der Waals surface area contributed by atoms with E-state index < -0.39 is 27.1 Å². The normalized spacial score (nSPS) is 11.2. The molecule has 116 valence electrons. The number of ether oxygens (including phenoxy) is 1. The van der Waals surface area contributed by atoms with E-state index in [-0.39, 0.29) is 6.42 Å². The average Bonchev–Trinajstić information content (AvgIpc) is 2.44. The van der Waals surface area contributed by atoms with Gasteiger partial charge in [-0.3, -0.25) is 9.52 Å². The van der Waals surface area contributed by atoms with E-state index in [0.29, 0.717) is 12.0 Å². The van der Waals surface area contributed by atoms with Gasteiger partial charge in [0, 0.05) is 6.42 Å². The van der Waals surface area contributed by atoms with Gasteiger partial charge in [-0.2, -0.15) is 0 Å². The first kappa shape index (κ1) is 17.2. The molecule has 7 heteroatoms. The lowest BCUT2D eigenvalue weighted by atomic mass is 10.1. The standard InChI is InChI=1S/C14H19NO5S/c1-10(2)21(18,19)15-13(16)9-6-11-4-7-12(8-5-11)14(17)20-3/h4-5,7-8,10H,6,9H2,1-3H3,(H,15,16). The molecule has 0 bridgehead atoms. The van der Waals surface area contributed by atoms with Crippen LogP contribution in [0.25, 0.3) is 0 Å². The van der Waals surface area contributed by atoms with Gasteiger partial charge in [-0.05, 0) is 38.0 Å². The van der Waals surface area contributed by atoms with Crippen LogP contribution in [0.1, 0.15) is 36.2 Å². The Balaban J connectivity index is 2.56. The third kappa shape index (κ3) is 5.18. The number of hydrogen-bond donors (Lipinski definition) is 1. The molecule has 0 heterocycles. The average molecular weight is 313 g/mol. The Hall–Kier alpha value is -1.89. The van der Waals surface area contributed by atoms with Gasteiger partial charge in [-0.25, -0.2) is 13.2 Å². The van der Waals surface area contributed by atoms with Crippen LogP contribution >= 0.6 is 0 Å². The van der Waals surface area contributed by atoms with Crippen LogP contribution in [0, 0.1) is 0 Å². The summed E-state index contributed by atoms with van der Waals surface area (Å²) >= 11 is 0. The summed E-state index contributed by atoms with van der Waals surface area (Å²) in [6.07, 6.45) is 0.449. The molecule has 1 N–H and O–H groups in total. The van der Waals surface area contributed by atoms with Crippen molar-refractivity contribution < 1.29 is 22.7 Å². The number of aryl methyl sites for hydroxylation is 1. The van der Waals surface area contributed by atoms with Crippen LogP contribution in [-0.2, 0) is 26.0 Å². The van der Waals surface area contributed by atoms with E-state index in [1.165, 1.54) is 21.0 Å². The predicted molar refractivity (Wildman–Crippen MR) is 78.3 cm³/mol. The number of esters is 1. The zero-order valence-corrected chi connectivity index (χ0v) is 13.1. The van der Waals surface area contributed by atoms with E-state index in [1.807, 2.05) is 4.72 Å². The van der Waals surface area contributed by atoms with Crippen LogP contribution in [0.15, 0.2) is 24.3 Å². The Kier molecular flexibility index (Phi) is 5.90. The fraction of sp³-hybridized carbons (Fsp3) is 0.429. The number of nitrogens with one attached hydrogen (secondary N) is 1. The molecule has 1 aromatic carbocycles. The van der Waals surface area contributed by atoms with Gasteiger partial charge in [0.2, 0.25) is 15.9 Å². The SMILES string of the molecule is COC(=O)c1ccc(CCC(=O)NS(=O)(=O)C(C)C)cc1. The van der Waals surface area contributed by atoms with Crippen LogP contribution in [0.4, 0.5) is 0 Å². The molecular weight excluding hydrogens is 294 g/mol. The van der Waals surface area contributed by atoms with Crippen molar-refractivity contribution in [3.8, 4) is 0 Å². The van der Waals surface area contributed by atoms with Crippen molar-refractivity contribution in [3.63, 3.8) is 0 Å². The molecule has 6 nitrogen and oxygen atoms in total. The highest BCUT2D eigenvalue weighted by Gasteiger charge is 2.18.